The molecule has 0 amide bonds. The lowest BCUT2D eigenvalue weighted by atomic mass is 10.1. The van der Waals surface area contributed by atoms with Gasteiger partial charge in [-0.2, -0.15) is 0 Å². The summed E-state index contributed by atoms with van der Waals surface area (Å²) >= 11 is 4.40. The standard InChI is InChI=1S/C15H11BrF2OS/c16-15-10(3-1-6-14(15)18)7-12(19)9-20-13-5-2-4-11(17)8-13/h1-6,8H,7,9H2. The van der Waals surface area contributed by atoms with E-state index in [0.717, 1.165) is 0 Å². The minimum atomic E-state index is -0.381. The van der Waals surface area contributed by atoms with Crippen molar-refractivity contribution < 1.29 is 13.6 Å². The zero-order valence-corrected chi connectivity index (χ0v) is 12.8. The molecular formula is C15H11BrF2OS. The van der Waals surface area contributed by atoms with Crippen molar-refractivity contribution in [2.24, 2.45) is 0 Å². The second-order valence-electron chi connectivity index (χ2n) is 4.17. The zero-order chi connectivity index (χ0) is 14.5. The summed E-state index contributed by atoms with van der Waals surface area (Å²) < 4.78 is 26.6. The fourth-order valence-corrected chi connectivity index (χ4v) is 2.87. The molecule has 0 radical (unpaired) electrons. The highest BCUT2D eigenvalue weighted by atomic mass is 79.9. The molecule has 0 aliphatic carbocycles. The summed E-state index contributed by atoms with van der Waals surface area (Å²) in [6, 6.07) is 10.7. The van der Waals surface area contributed by atoms with Crippen molar-refractivity contribution in [2.75, 3.05) is 5.75 Å². The van der Waals surface area contributed by atoms with Gasteiger partial charge in [0, 0.05) is 11.3 Å². The van der Waals surface area contributed by atoms with E-state index in [2.05, 4.69) is 15.9 Å². The van der Waals surface area contributed by atoms with E-state index in [0.29, 0.717) is 14.9 Å². The van der Waals surface area contributed by atoms with E-state index in [-0.39, 0.29) is 29.6 Å². The molecule has 0 aliphatic heterocycles. The predicted octanol–water partition coefficient (Wildman–Crippen LogP) is 4.63. The molecule has 2 aromatic rings. The Morgan fingerprint density at radius 1 is 1.15 bits per heavy atom. The Hall–Kier alpha value is -1.20. The Kier molecular flexibility index (Phi) is 5.31. The molecule has 0 N–H and O–H groups in total. The molecule has 0 fully saturated rings. The van der Waals surface area contributed by atoms with Crippen molar-refractivity contribution in [1.82, 2.24) is 0 Å². The Morgan fingerprint density at radius 2 is 1.90 bits per heavy atom. The monoisotopic (exact) mass is 356 g/mol. The van der Waals surface area contributed by atoms with E-state index >= 15 is 0 Å². The van der Waals surface area contributed by atoms with Gasteiger partial charge in [-0.15, -0.1) is 11.8 Å². The average Bonchev–Trinajstić information content (AvgIpc) is 2.42. The van der Waals surface area contributed by atoms with Crippen molar-refractivity contribution in [2.45, 2.75) is 11.3 Å². The average molecular weight is 357 g/mol. The van der Waals surface area contributed by atoms with Crippen LogP contribution in [0.2, 0.25) is 0 Å². The van der Waals surface area contributed by atoms with E-state index in [1.165, 1.54) is 30.0 Å². The van der Waals surface area contributed by atoms with Crippen LogP contribution in [0.25, 0.3) is 0 Å². The van der Waals surface area contributed by atoms with Crippen LogP contribution >= 0.6 is 27.7 Å². The number of rotatable bonds is 5. The summed E-state index contributed by atoms with van der Waals surface area (Å²) in [6.45, 7) is 0. The van der Waals surface area contributed by atoms with Crippen LogP contribution < -0.4 is 0 Å². The first-order chi connectivity index (χ1) is 9.56. The molecule has 1 nitrogen and oxygen atoms in total. The third-order valence-electron chi connectivity index (χ3n) is 2.62. The Bertz CT molecular complexity index is 631. The maximum Gasteiger partial charge on any atom is 0.147 e. The number of hydrogen-bond donors (Lipinski definition) is 0. The predicted molar refractivity (Wildman–Crippen MR) is 79.9 cm³/mol. The summed E-state index contributed by atoms with van der Waals surface area (Å²) in [6.07, 6.45) is 0.153. The summed E-state index contributed by atoms with van der Waals surface area (Å²) in [5, 5.41) is 0. The highest BCUT2D eigenvalue weighted by Gasteiger charge is 2.10. The molecule has 0 aromatic heterocycles. The third-order valence-corrected chi connectivity index (χ3v) is 4.56. The van der Waals surface area contributed by atoms with Gasteiger partial charge in [0.25, 0.3) is 0 Å². The van der Waals surface area contributed by atoms with E-state index in [9.17, 15) is 13.6 Å². The number of carbonyl (C=O) groups excluding carboxylic acids is 1. The first-order valence-corrected chi connectivity index (χ1v) is 7.67. The molecular weight excluding hydrogens is 346 g/mol. The van der Waals surface area contributed by atoms with E-state index < -0.39 is 0 Å². The van der Waals surface area contributed by atoms with Crippen molar-refractivity contribution >= 4 is 33.5 Å². The summed E-state index contributed by atoms with van der Waals surface area (Å²) in [5.74, 6) is -0.513. The van der Waals surface area contributed by atoms with Gasteiger partial charge in [0.15, 0.2) is 0 Å². The number of benzene rings is 2. The molecule has 0 saturated carbocycles. The molecule has 2 rings (SSSR count). The van der Waals surface area contributed by atoms with E-state index in [1.54, 1.807) is 24.3 Å². The zero-order valence-electron chi connectivity index (χ0n) is 10.4. The van der Waals surface area contributed by atoms with Gasteiger partial charge in [0.05, 0.1) is 10.2 Å². The molecule has 0 aliphatic rings. The van der Waals surface area contributed by atoms with Crippen LogP contribution in [-0.2, 0) is 11.2 Å². The smallest absolute Gasteiger partial charge is 0.147 e. The lowest BCUT2D eigenvalue weighted by molar-refractivity contribution is -0.116. The van der Waals surface area contributed by atoms with Crippen LogP contribution in [0, 0.1) is 11.6 Å². The van der Waals surface area contributed by atoms with Crippen molar-refractivity contribution in [1.29, 1.82) is 0 Å². The van der Waals surface area contributed by atoms with Crippen LogP contribution in [0.1, 0.15) is 5.56 Å². The van der Waals surface area contributed by atoms with Crippen molar-refractivity contribution in [3.05, 3.63) is 64.1 Å². The van der Waals surface area contributed by atoms with Gasteiger partial charge in [0.1, 0.15) is 17.4 Å². The molecule has 0 spiro atoms. The number of Topliss-reactive ketones (excluding diaryl/α,β-unsaturated/α-hetero) is 1. The van der Waals surface area contributed by atoms with Gasteiger partial charge < -0.3 is 0 Å². The van der Waals surface area contributed by atoms with Crippen molar-refractivity contribution in [3.63, 3.8) is 0 Å². The van der Waals surface area contributed by atoms with Gasteiger partial charge in [-0.25, -0.2) is 8.78 Å². The molecule has 0 saturated heterocycles. The van der Waals surface area contributed by atoms with E-state index in [1.807, 2.05) is 0 Å². The van der Waals surface area contributed by atoms with Crippen LogP contribution in [-0.4, -0.2) is 11.5 Å². The Balaban J connectivity index is 1.94. The SMILES string of the molecule is O=C(CSc1cccc(F)c1)Cc1cccc(F)c1Br. The molecule has 2 aromatic carbocycles. The molecule has 0 bridgehead atoms. The van der Waals surface area contributed by atoms with Gasteiger partial charge in [-0.05, 0) is 45.8 Å². The largest absolute Gasteiger partial charge is 0.298 e. The van der Waals surface area contributed by atoms with E-state index in [4.69, 9.17) is 0 Å². The molecule has 104 valence electrons. The Labute approximate surface area is 128 Å². The molecule has 20 heavy (non-hydrogen) atoms. The number of halogens is 3. The van der Waals surface area contributed by atoms with Crippen LogP contribution in [0.4, 0.5) is 8.78 Å². The van der Waals surface area contributed by atoms with Crippen molar-refractivity contribution in [3.8, 4) is 0 Å². The summed E-state index contributed by atoms with van der Waals surface area (Å²) in [5.41, 5.74) is 0.620. The molecule has 0 heterocycles. The maximum absolute atomic E-state index is 13.3. The van der Waals surface area contributed by atoms with Crippen LogP contribution in [0.3, 0.4) is 0 Å². The lowest BCUT2D eigenvalue weighted by Crippen LogP contribution is -2.06. The minimum Gasteiger partial charge on any atom is -0.298 e. The highest BCUT2D eigenvalue weighted by Crippen LogP contribution is 2.23. The fraction of sp³-hybridized carbons (Fsp3) is 0.133. The number of carbonyl (C=O) groups is 1. The third kappa shape index (κ3) is 4.15. The summed E-state index contributed by atoms with van der Waals surface area (Å²) in [4.78, 5) is 12.6. The van der Waals surface area contributed by atoms with Gasteiger partial charge in [-0.3, -0.25) is 4.79 Å². The fourth-order valence-electron chi connectivity index (χ4n) is 1.67. The van der Waals surface area contributed by atoms with Crippen LogP contribution in [0.5, 0.6) is 0 Å². The maximum atomic E-state index is 13.3. The minimum absolute atomic E-state index is 0.0365. The molecule has 0 unspecified atom stereocenters. The normalized spacial score (nSPS) is 10.6. The molecule has 0 atom stereocenters. The van der Waals surface area contributed by atoms with Gasteiger partial charge >= 0.3 is 0 Å². The van der Waals surface area contributed by atoms with Gasteiger partial charge in [0.2, 0.25) is 0 Å². The first-order valence-electron chi connectivity index (χ1n) is 5.89. The number of hydrogen-bond acceptors (Lipinski definition) is 2. The highest BCUT2D eigenvalue weighted by molar-refractivity contribution is 9.10. The number of thioether (sulfide) groups is 1. The molecule has 5 heteroatoms. The first kappa shape index (κ1) is 15.2. The number of ketones is 1. The van der Waals surface area contributed by atoms with Gasteiger partial charge in [-0.1, -0.05) is 18.2 Å². The summed E-state index contributed by atoms with van der Waals surface area (Å²) in [7, 11) is 0. The lowest BCUT2D eigenvalue weighted by Gasteiger charge is -2.05. The topological polar surface area (TPSA) is 17.1 Å². The second-order valence-corrected chi connectivity index (χ2v) is 6.02. The quantitative estimate of drug-likeness (QED) is 0.726. The second kappa shape index (κ2) is 6.99. The van der Waals surface area contributed by atoms with Crippen LogP contribution in [0.15, 0.2) is 51.8 Å². The Morgan fingerprint density at radius 3 is 2.65 bits per heavy atom.